The highest BCUT2D eigenvalue weighted by molar-refractivity contribution is 5.91. The van der Waals surface area contributed by atoms with E-state index in [4.69, 9.17) is 4.74 Å². The zero-order valence-corrected chi connectivity index (χ0v) is 19.4. The molecule has 188 valence electrons. The average Bonchev–Trinajstić information content (AvgIpc) is 2.88. The van der Waals surface area contributed by atoms with E-state index in [1.165, 1.54) is 0 Å². The zero-order valence-electron chi connectivity index (χ0n) is 19.4. The maximum atomic E-state index is 13.8. The van der Waals surface area contributed by atoms with Crippen LogP contribution in [0.3, 0.4) is 0 Å². The zero-order chi connectivity index (χ0) is 25.5. The monoisotopic (exact) mass is 495 g/mol. The van der Waals surface area contributed by atoms with Crippen LogP contribution in [-0.2, 0) is 9.53 Å². The molecule has 0 spiro atoms. The van der Waals surface area contributed by atoms with Crippen LogP contribution < -0.4 is 16.0 Å². The number of aliphatic hydroxyl groups is 1. The summed E-state index contributed by atoms with van der Waals surface area (Å²) in [5, 5.41) is 17.5. The van der Waals surface area contributed by atoms with Crippen molar-refractivity contribution in [2.45, 2.75) is 37.5 Å². The molecule has 4 rings (SSSR count). The lowest BCUT2D eigenvalue weighted by atomic mass is 9.97. The Morgan fingerprint density at radius 1 is 0.917 bits per heavy atom. The van der Waals surface area contributed by atoms with Crippen LogP contribution in [0.15, 0.2) is 72.8 Å². The molecule has 1 fully saturated rings. The molecule has 0 aromatic heterocycles. The van der Waals surface area contributed by atoms with Gasteiger partial charge in [0.15, 0.2) is 0 Å². The topological polar surface area (TPSA) is 99.7 Å². The van der Waals surface area contributed by atoms with Crippen LogP contribution in [0.5, 0.6) is 0 Å². The van der Waals surface area contributed by atoms with E-state index in [0.717, 1.165) is 29.3 Å². The lowest BCUT2D eigenvalue weighted by molar-refractivity contribution is -0.126. The molecule has 1 aliphatic heterocycles. The number of urea groups is 1. The molecule has 0 radical (unpaired) electrons. The molecule has 0 bridgehead atoms. The van der Waals surface area contributed by atoms with Crippen molar-refractivity contribution in [2.24, 2.45) is 0 Å². The van der Waals surface area contributed by atoms with Gasteiger partial charge in [0.05, 0.1) is 30.9 Å². The summed E-state index contributed by atoms with van der Waals surface area (Å²) in [4.78, 5) is 24.8. The number of carbonyl (C=O) groups is 2. The van der Waals surface area contributed by atoms with Crippen molar-refractivity contribution >= 4 is 23.3 Å². The normalized spacial score (nSPS) is 19.4. The predicted octanol–water partition coefficient (Wildman–Crippen LogP) is 4.69. The van der Waals surface area contributed by atoms with Gasteiger partial charge in [-0.3, -0.25) is 4.79 Å². The van der Waals surface area contributed by atoms with E-state index in [2.05, 4.69) is 16.0 Å². The summed E-state index contributed by atoms with van der Waals surface area (Å²) in [6, 6.07) is 18.9. The van der Waals surface area contributed by atoms with Crippen LogP contribution in [0.2, 0.25) is 0 Å². The van der Waals surface area contributed by atoms with E-state index in [-0.39, 0.29) is 24.6 Å². The molecule has 4 N–H and O–H groups in total. The van der Waals surface area contributed by atoms with Gasteiger partial charge in [0.1, 0.15) is 17.7 Å². The Balaban J connectivity index is 1.26. The number of anilines is 2. The maximum Gasteiger partial charge on any atom is 0.319 e. The van der Waals surface area contributed by atoms with Gasteiger partial charge >= 0.3 is 6.03 Å². The quantitative estimate of drug-likeness (QED) is 0.382. The Morgan fingerprint density at radius 2 is 1.64 bits per heavy atom. The Labute approximate surface area is 207 Å². The minimum Gasteiger partial charge on any atom is -0.394 e. The van der Waals surface area contributed by atoms with E-state index in [9.17, 15) is 23.5 Å². The number of ether oxygens (including phenoxy) is 1. The molecule has 0 aliphatic carbocycles. The van der Waals surface area contributed by atoms with Crippen LogP contribution >= 0.6 is 0 Å². The summed E-state index contributed by atoms with van der Waals surface area (Å²) in [5.74, 6) is -1.69. The molecular formula is C27H27F2N3O4. The van der Waals surface area contributed by atoms with E-state index in [1.807, 2.05) is 54.6 Å². The first-order valence-electron chi connectivity index (χ1n) is 11.7. The molecule has 3 amide bonds. The fourth-order valence-electron chi connectivity index (χ4n) is 4.16. The average molecular weight is 496 g/mol. The minimum absolute atomic E-state index is 0.0877. The van der Waals surface area contributed by atoms with Gasteiger partial charge in [-0.1, -0.05) is 42.5 Å². The Morgan fingerprint density at radius 3 is 2.36 bits per heavy atom. The molecule has 1 heterocycles. The van der Waals surface area contributed by atoms with Crippen LogP contribution in [0, 0.1) is 11.6 Å². The third-order valence-electron chi connectivity index (χ3n) is 5.98. The van der Waals surface area contributed by atoms with Crippen molar-refractivity contribution in [2.75, 3.05) is 17.2 Å². The highest BCUT2D eigenvalue weighted by Gasteiger charge is 2.33. The predicted molar refractivity (Wildman–Crippen MR) is 132 cm³/mol. The summed E-state index contributed by atoms with van der Waals surface area (Å²) in [5.41, 5.74) is 2.49. The van der Waals surface area contributed by atoms with Crippen molar-refractivity contribution in [1.29, 1.82) is 0 Å². The summed E-state index contributed by atoms with van der Waals surface area (Å²) >= 11 is 0. The highest BCUT2D eigenvalue weighted by Crippen LogP contribution is 2.24. The second-order valence-electron chi connectivity index (χ2n) is 8.58. The lowest BCUT2D eigenvalue weighted by Gasteiger charge is -2.35. The van der Waals surface area contributed by atoms with Crippen molar-refractivity contribution < 1.29 is 28.2 Å². The van der Waals surface area contributed by atoms with Crippen LogP contribution in [-0.4, -0.2) is 41.9 Å². The smallest absolute Gasteiger partial charge is 0.319 e. The Bertz CT molecular complexity index is 1190. The Hall–Kier alpha value is -3.82. The van der Waals surface area contributed by atoms with Gasteiger partial charge < -0.3 is 25.8 Å². The van der Waals surface area contributed by atoms with E-state index >= 15 is 0 Å². The first kappa shape index (κ1) is 25.3. The van der Waals surface area contributed by atoms with Gasteiger partial charge in [0.2, 0.25) is 5.91 Å². The first-order valence-corrected chi connectivity index (χ1v) is 11.7. The van der Waals surface area contributed by atoms with Crippen molar-refractivity contribution in [3.8, 4) is 11.1 Å². The molecule has 0 unspecified atom stereocenters. The summed E-state index contributed by atoms with van der Waals surface area (Å²) in [7, 11) is 0. The Kier molecular flexibility index (Phi) is 8.24. The molecule has 36 heavy (non-hydrogen) atoms. The van der Waals surface area contributed by atoms with Gasteiger partial charge in [-0.15, -0.1) is 0 Å². The van der Waals surface area contributed by atoms with Crippen molar-refractivity contribution in [3.05, 3.63) is 84.4 Å². The number of benzene rings is 3. The number of nitrogens with one attached hydrogen (secondary N) is 3. The molecule has 9 heteroatoms. The van der Waals surface area contributed by atoms with Crippen LogP contribution in [0.4, 0.5) is 25.0 Å². The van der Waals surface area contributed by atoms with E-state index in [0.29, 0.717) is 18.5 Å². The highest BCUT2D eigenvalue weighted by atomic mass is 19.1. The van der Waals surface area contributed by atoms with Crippen molar-refractivity contribution in [3.63, 3.8) is 0 Å². The van der Waals surface area contributed by atoms with Crippen LogP contribution in [0.25, 0.3) is 11.1 Å². The fraction of sp³-hybridized carbons (Fsp3) is 0.259. The lowest BCUT2D eigenvalue weighted by Crippen LogP contribution is -2.52. The molecular weight excluding hydrogens is 468 g/mol. The van der Waals surface area contributed by atoms with Gasteiger partial charge in [-0.25, -0.2) is 13.6 Å². The largest absolute Gasteiger partial charge is 0.394 e. The number of amides is 3. The number of hydrogen-bond donors (Lipinski definition) is 4. The molecule has 7 nitrogen and oxygen atoms in total. The minimum atomic E-state index is -0.772. The first-order chi connectivity index (χ1) is 17.4. The molecule has 3 atom stereocenters. The van der Waals surface area contributed by atoms with Gasteiger partial charge in [0.25, 0.3) is 0 Å². The van der Waals surface area contributed by atoms with E-state index < -0.39 is 35.9 Å². The molecule has 1 saturated heterocycles. The number of aliphatic hydroxyl groups excluding tert-OH is 1. The number of carbonyl (C=O) groups excluding carboxylic acids is 2. The second-order valence-corrected chi connectivity index (χ2v) is 8.58. The van der Waals surface area contributed by atoms with Crippen molar-refractivity contribution in [1.82, 2.24) is 5.32 Å². The number of rotatable bonds is 7. The third-order valence-corrected chi connectivity index (χ3v) is 5.98. The number of hydrogen-bond acceptors (Lipinski definition) is 4. The molecule has 3 aromatic carbocycles. The van der Waals surface area contributed by atoms with Gasteiger partial charge in [-0.05, 0) is 48.2 Å². The summed E-state index contributed by atoms with van der Waals surface area (Å²) in [6.07, 6.45) is -0.188. The third kappa shape index (κ3) is 6.65. The number of halogens is 2. The summed E-state index contributed by atoms with van der Waals surface area (Å²) < 4.78 is 32.9. The fourth-order valence-corrected chi connectivity index (χ4v) is 4.16. The van der Waals surface area contributed by atoms with Gasteiger partial charge in [-0.2, -0.15) is 0 Å². The molecule has 3 aromatic rings. The van der Waals surface area contributed by atoms with Crippen LogP contribution in [0.1, 0.15) is 19.3 Å². The SMILES string of the molecule is O=C(C[C@H]1CC[C@@H](NC(=O)Nc2cc(F)ccc2F)[C@H](CO)O1)Nc1ccc(-c2ccccc2)cc1. The standard InChI is InChI=1S/C27H27F2N3O4/c28-19-8-12-22(29)24(14-19)32-27(35)31-23-13-11-21(36-25(23)16-33)15-26(34)30-20-9-6-18(7-10-20)17-4-2-1-3-5-17/h1-10,12,14,21,23,25,33H,11,13,15-16H2,(H,30,34)(H2,31,32,35)/t21-,23-,25+/m1/s1. The maximum absolute atomic E-state index is 13.8. The van der Waals surface area contributed by atoms with E-state index in [1.54, 1.807) is 0 Å². The summed E-state index contributed by atoms with van der Waals surface area (Å²) in [6.45, 7) is -0.377. The van der Waals surface area contributed by atoms with Gasteiger partial charge in [0, 0.05) is 11.8 Å². The second kappa shape index (κ2) is 11.7. The molecule has 1 aliphatic rings. The molecule has 0 saturated carbocycles.